The maximum absolute atomic E-state index is 14.1. The zero-order valence-corrected chi connectivity index (χ0v) is 21.9. The average Bonchev–Trinajstić information content (AvgIpc) is 3.51. The van der Waals surface area contributed by atoms with Crippen LogP contribution in [0.4, 0.5) is 14.9 Å². The highest BCUT2D eigenvalue weighted by atomic mass is 79.9. The third-order valence-electron chi connectivity index (χ3n) is 6.27. The van der Waals surface area contributed by atoms with Crippen molar-refractivity contribution in [1.82, 2.24) is 0 Å². The largest absolute Gasteiger partial charge is 0.489 e. The van der Waals surface area contributed by atoms with Crippen molar-refractivity contribution in [2.45, 2.75) is 63.6 Å². The molecule has 6 nitrogen and oxygen atoms in total. The summed E-state index contributed by atoms with van der Waals surface area (Å²) in [4.78, 5) is 22.7. The van der Waals surface area contributed by atoms with Gasteiger partial charge in [0.05, 0.1) is 16.3 Å². The smallest absolute Gasteiger partial charge is 0.412 e. The molecule has 0 spiro atoms. The number of nitrogens with one attached hydrogen (secondary N) is 1. The molecule has 9 heteroatoms. The minimum atomic E-state index is -2.26. The molecule has 0 aliphatic carbocycles. The summed E-state index contributed by atoms with van der Waals surface area (Å²) >= 11 is 3.16. The lowest BCUT2D eigenvalue weighted by Gasteiger charge is -2.34. The third-order valence-corrected chi connectivity index (χ3v) is 10.4. The van der Waals surface area contributed by atoms with Gasteiger partial charge in [0.1, 0.15) is 30.9 Å². The topological polar surface area (TPSA) is 80.3 Å². The second kappa shape index (κ2) is 10.5. The summed E-state index contributed by atoms with van der Waals surface area (Å²) in [7, 11) is -2.26. The van der Waals surface area contributed by atoms with Crippen LogP contribution in [-0.4, -0.2) is 38.0 Å². The van der Waals surface area contributed by atoms with Crippen molar-refractivity contribution in [3.63, 3.8) is 0 Å². The number of anilines is 1. The summed E-state index contributed by atoms with van der Waals surface area (Å²) < 4.78 is 31.1. The molecule has 0 saturated carbocycles. The predicted octanol–water partition coefficient (Wildman–Crippen LogP) is 6.24. The number of carbonyl (C=O) groups excluding carboxylic acids is 1. The summed E-state index contributed by atoms with van der Waals surface area (Å²) in [5, 5.41) is 2.45. The number of amides is 1. The van der Waals surface area contributed by atoms with Gasteiger partial charge < -0.3 is 19.0 Å². The number of hydrogen-bond donors (Lipinski definition) is 2. The fraction of sp³-hybridized carbons (Fsp3) is 0.458. The Morgan fingerprint density at radius 2 is 1.94 bits per heavy atom. The molecule has 180 valence electrons. The molecule has 0 bridgehead atoms. The van der Waals surface area contributed by atoms with Gasteiger partial charge in [0.15, 0.2) is 8.32 Å². The molecule has 2 aromatic carbocycles. The molecule has 0 unspecified atom stereocenters. The van der Waals surface area contributed by atoms with Crippen LogP contribution in [-0.2, 0) is 16.1 Å². The van der Waals surface area contributed by atoms with E-state index in [1.807, 2.05) is 43.4 Å². The molecule has 1 amide bonds. The number of halogens is 2. The van der Waals surface area contributed by atoms with E-state index in [0.717, 1.165) is 18.4 Å². The third kappa shape index (κ3) is 7.27. The van der Waals surface area contributed by atoms with E-state index in [-0.39, 0.29) is 40.6 Å². The quantitative estimate of drug-likeness (QED) is 0.276. The minimum absolute atomic E-state index is 0.0664. The monoisotopic (exact) mass is 539 g/mol. The first-order valence-electron chi connectivity index (χ1n) is 10.9. The number of rotatable bonds is 10. The van der Waals surface area contributed by atoms with Gasteiger partial charge in [-0.2, -0.15) is 0 Å². The van der Waals surface area contributed by atoms with Crippen molar-refractivity contribution in [2.24, 2.45) is 0 Å². The summed E-state index contributed by atoms with van der Waals surface area (Å²) in [6.45, 7) is 8.47. The number of epoxide rings is 1. The van der Waals surface area contributed by atoms with Gasteiger partial charge in [0.25, 0.3) is 0 Å². The molecule has 1 fully saturated rings. The number of hydrogen-bond acceptors (Lipinski definition) is 5. The standard InChI is InChI=1S/C24H31BrFNO5Si/c1-24(2,33(3,4)29)11-10-20-22(32-20)15-30-21-12-17(25)18(26)13-19(21)27-23(28)31-14-16-8-6-5-7-9-16/h5-9,12-13,20,22,29H,10-11,14-15H2,1-4H3,(H,27,28)/t20-,22+/m0/s1. The lowest BCUT2D eigenvalue weighted by Crippen LogP contribution is -2.39. The first-order valence-corrected chi connectivity index (χ1v) is 14.7. The first kappa shape index (κ1) is 25.7. The van der Waals surface area contributed by atoms with Gasteiger partial charge in [0, 0.05) is 6.07 Å². The van der Waals surface area contributed by atoms with Crippen molar-refractivity contribution in [2.75, 3.05) is 11.9 Å². The second-order valence-electron chi connectivity index (χ2n) is 9.45. The predicted molar refractivity (Wildman–Crippen MR) is 131 cm³/mol. The Morgan fingerprint density at radius 3 is 2.61 bits per heavy atom. The molecule has 2 N–H and O–H groups in total. The molecule has 0 aromatic heterocycles. The van der Waals surface area contributed by atoms with E-state index in [0.29, 0.717) is 5.75 Å². The maximum atomic E-state index is 14.1. The molecule has 2 aromatic rings. The van der Waals surface area contributed by atoms with Crippen molar-refractivity contribution in [1.29, 1.82) is 0 Å². The van der Waals surface area contributed by atoms with Crippen LogP contribution in [0.3, 0.4) is 0 Å². The fourth-order valence-electron chi connectivity index (χ4n) is 3.18. The van der Waals surface area contributed by atoms with Crippen LogP contribution in [0.2, 0.25) is 18.1 Å². The van der Waals surface area contributed by atoms with Crippen LogP contribution in [0.5, 0.6) is 5.75 Å². The van der Waals surface area contributed by atoms with Gasteiger partial charge >= 0.3 is 6.09 Å². The zero-order valence-electron chi connectivity index (χ0n) is 19.4. The summed E-state index contributed by atoms with van der Waals surface area (Å²) in [5.74, 6) is -0.210. The highest BCUT2D eigenvalue weighted by Crippen LogP contribution is 2.43. The van der Waals surface area contributed by atoms with Crippen molar-refractivity contribution in [3.05, 3.63) is 58.3 Å². The highest BCUT2D eigenvalue weighted by Gasteiger charge is 2.43. The second-order valence-corrected chi connectivity index (χ2v) is 14.8. The lowest BCUT2D eigenvalue weighted by molar-refractivity contribution is 0.155. The van der Waals surface area contributed by atoms with E-state index in [9.17, 15) is 14.0 Å². The van der Waals surface area contributed by atoms with E-state index in [4.69, 9.17) is 14.2 Å². The van der Waals surface area contributed by atoms with E-state index in [2.05, 4.69) is 35.1 Å². The van der Waals surface area contributed by atoms with Crippen molar-refractivity contribution in [3.8, 4) is 5.75 Å². The molecular weight excluding hydrogens is 509 g/mol. The van der Waals surface area contributed by atoms with Crippen molar-refractivity contribution >= 4 is 36.0 Å². The van der Waals surface area contributed by atoms with Crippen LogP contribution < -0.4 is 10.1 Å². The summed E-state index contributed by atoms with van der Waals surface area (Å²) in [5.41, 5.74) is 1.03. The van der Waals surface area contributed by atoms with E-state index in [1.165, 1.54) is 12.1 Å². The molecule has 0 radical (unpaired) electrons. The van der Waals surface area contributed by atoms with Crippen LogP contribution in [0, 0.1) is 5.82 Å². The molecule has 1 aliphatic heterocycles. The van der Waals surface area contributed by atoms with E-state index < -0.39 is 20.2 Å². The van der Waals surface area contributed by atoms with Gasteiger partial charge in [-0.3, -0.25) is 5.32 Å². The zero-order chi connectivity index (χ0) is 24.2. The molecule has 2 atom stereocenters. The van der Waals surface area contributed by atoms with Gasteiger partial charge in [-0.15, -0.1) is 0 Å². The van der Waals surface area contributed by atoms with Crippen LogP contribution in [0.15, 0.2) is 46.9 Å². The molecule has 1 heterocycles. The molecule has 1 saturated heterocycles. The maximum Gasteiger partial charge on any atom is 0.412 e. The summed E-state index contributed by atoms with van der Waals surface area (Å²) in [6.07, 6.45) is 0.986. The number of ether oxygens (including phenoxy) is 3. The van der Waals surface area contributed by atoms with Crippen LogP contribution in [0.25, 0.3) is 0 Å². The highest BCUT2D eigenvalue weighted by molar-refractivity contribution is 9.10. The number of carbonyl (C=O) groups is 1. The Balaban J connectivity index is 1.53. The van der Waals surface area contributed by atoms with Gasteiger partial charge in [-0.25, -0.2) is 9.18 Å². The Hall–Kier alpha value is -1.94. The van der Waals surface area contributed by atoms with E-state index in [1.54, 1.807) is 0 Å². The Morgan fingerprint density at radius 1 is 1.24 bits per heavy atom. The fourth-order valence-corrected chi connectivity index (χ4v) is 4.25. The van der Waals surface area contributed by atoms with Gasteiger partial charge in [0.2, 0.25) is 0 Å². The van der Waals surface area contributed by atoms with Crippen LogP contribution in [0.1, 0.15) is 32.3 Å². The van der Waals surface area contributed by atoms with Gasteiger partial charge in [-0.05, 0) is 58.5 Å². The Kier molecular flexibility index (Phi) is 8.20. The lowest BCUT2D eigenvalue weighted by atomic mass is 10.0. The number of benzene rings is 2. The van der Waals surface area contributed by atoms with Crippen molar-refractivity contribution < 1.29 is 28.2 Å². The molecule has 33 heavy (non-hydrogen) atoms. The minimum Gasteiger partial charge on any atom is -0.489 e. The first-order chi connectivity index (χ1) is 15.5. The SMILES string of the molecule is CC(C)(CC[C@@H]1O[C@@H]1COc1cc(Br)c(F)cc1NC(=O)OCc1ccccc1)[Si](C)(C)O. The van der Waals surface area contributed by atoms with Crippen LogP contribution >= 0.6 is 15.9 Å². The molecule has 1 aliphatic rings. The summed E-state index contributed by atoms with van der Waals surface area (Å²) in [6, 6.07) is 11.9. The Bertz CT molecular complexity index is 967. The normalized spacial score (nSPS) is 18.0. The Labute approximate surface area is 203 Å². The molecule has 3 rings (SSSR count). The average molecular weight is 541 g/mol. The van der Waals surface area contributed by atoms with Gasteiger partial charge in [-0.1, -0.05) is 44.2 Å². The molecular formula is C24H31BrFNO5Si. The van der Waals surface area contributed by atoms with E-state index >= 15 is 0 Å².